The van der Waals surface area contributed by atoms with E-state index in [9.17, 15) is 9.59 Å². The van der Waals surface area contributed by atoms with Crippen LogP contribution in [-0.4, -0.2) is 55.3 Å². The summed E-state index contributed by atoms with van der Waals surface area (Å²) in [5, 5.41) is 0. The van der Waals surface area contributed by atoms with Crippen molar-refractivity contribution in [2.75, 3.05) is 25.6 Å². The van der Waals surface area contributed by atoms with Crippen molar-refractivity contribution in [1.29, 1.82) is 0 Å². The number of likely N-dealkylation sites (N-methyl/N-ethyl adjacent to an activating group) is 1. The molecule has 1 fully saturated rings. The van der Waals surface area contributed by atoms with Gasteiger partial charge in [0.05, 0.1) is 24.6 Å². The minimum absolute atomic E-state index is 0.0578. The van der Waals surface area contributed by atoms with Gasteiger partial charge >= 0.3 is 5.97 Å². The van der Waals surface area contributed by atoms with E-state index in [0.29, 0.717) is 5.71 Å². The van der Waals surface area contributed by atoms with Gasteiger partial charge < -0.3 is 9.64 Å². The zero-order valence-corrected chi connectivity index (χ0v) is 27.3. The molecule has 0 bridgehead atoms. The Bertz CT molecular complexity index is 1690. The maximum atomic E-state index is 14.2. The van der Waals surface area contributed by atoms with Gasteiger partial charge in [-0.25, -0.2) is 4.79 Å². The van der Waals surface area contributed by atoms with Gasteiger partial charge in [0.1, 0.15) is 0 Å². The van der Waals surface area contributed by atoms with Gasteiger partial charge in [0.25, 0.3) is 0 Å². The lowest BCUT2D eigenvalue weighted by atomic mass is 9.92. The summed E-state index contributed by atoms with van der Waals surface area (Å²) in [7, 11) is 3.28. The Kier molecular flexibility index (Phi) is 9.57. The smallest absolute Gasteiger partial charge is 0.331 e. The molecular weight excluding hydrogens is 626 g/mol. The Morgan fingerprint density at radius 3 is 2.42 bits per heavy atom. The van der Waals surface area contributed by atoms with Crippen molar-refractivity contribution in [3.63, 3.8) is 0 Å². The molecule has 4 aromatic rings. The van der Waals surface area contributed by atoms with Crippen molar-refractivity contribution >= 4 is 39.2 Å². The first-order valence-electron chi connectivity index (χ1n) is 15.6. The number of nitrogens with zero attached hydrogens (tertiary/aromatic N) is 3. The Hall–Kier alpha value is -4.07. The van der Waals surface area contributed by atoms with Crippen LogP contribution >= 0.6 is 15.9 Å². The quantitative estimate of drug-likeness (QED) is 0.141. The van der Waals surface area contributed by atoms with Crippen LogP contribution in [0.15, 0.2) is 113 Å². The van der Waals surface area contributed by atoms with Crippen molar-refractivity contribution in [1.82, 2.24) is 4.90 Å². The molecule has 0 N–H and O–H groups in total. The number of hydrogen-bond acceptors (Lipinski definition) is 5. The maximum Gasteiger partial charge on any atom is 0.331 e. The molecule has 0 spiro atoms. The molecule has 2 aliphatic rings. The van der Waals surface area contributed by atoms with Crippen molar-refractivity contribution in [2.24, 2.45) is 4.99 Å². The number of anilines is 1. The van der Waals surface area contributed by atoms with Gasteiger partial charge in [-0.3, -0.25) is 14.7 Å². The number of para-hydroxylation sites is 1. The molecule has 230 valence electrons. The lowest BCUT2D eigenvalue weighted by Crippen LogP contribution is -2.44. The van der Waals surface area contributed by atoms with Gasteiger partial charge in [-0.05, 0) is 67.1 Å². The Labute approximate surface area is 273 Å². The maximum absolute atomic E-state index is 14.2. The summed E-state index contributed by atoms with van der Waals surface area (Å²) in [5.74, 6) is -0.437. The minimum atomic E-state index is -0.744. The number of carbonyl (C=O) groups excluding carboxylic acids is 2. The second-order valence-corrected chi connectivity index (χ2v) is 12.7. The summed E-state index contributed by atoms with van der Waals surface area (Å²) in [6.07, 6.45) is 3.48. The van der Waals surface area contributed by atoms with E-state index in [1.165, 1.54) is 18.2 Å². The highest BCUT2D eigenvalue weighted by atomic mass is 79.9. The summed E-state index contributed by atoms with van der Waals surface area (Å²) < 4.78 is 6.33. The molecule has 0 aromatic heterocycles. The lowest BCUT2D eigenvalue weighted by Gasteiger charge is -2.29. The first-order chi connectivity index (χ1) is 21.9. The average molecular weight is 665 g/mol. The molecular formula is C38H38BrN3O3. The van der Waals surface area contributed by atoms with E-state index >= 15 is 0 Å². The highest BCUT2D eigenvalue weighted by molar-refractivity contribution is 9.10. The highest BCUT2D eigenvalue weighted by Crippen LogP contribution is 2.39. The topological polar surface area (TPSA) is 62.2 Å². The highest BCUT2D eigenvalue weighted by Gasteiger charge is 2.37. The number of ether oxygens (including phenoxy) is 1. The van der Waals surface area contributed by atoms with Crippen molar-refractivity contribution in [2.45, 2.75) is 50.2 Å². The van der Waals surface area contributed by atoms with Crippen molar-refractivity contribution in [3.05, 3.63) is 135 Å². The molecule has 1 amide bonds. The number of methoxy groups -OCH3 is 1. The molecule has 45 heavy (non-hydrogen) atoms. The molecule has 3 atom stereocenters. The number of fused-ring (bicyclic) bond motifs is 1. The van der Waals surface area contributed by atoms with E-state index in [1.54, 1.807) is 4.90 Å². The van der Waals surface area contributed by atoms with Gasteiger partial charge in [-0.2, -0.15) is 0 Å². The third-order valence-electron chi connectivity index (χ3n) is 9.10. The molecule has 7 heteroatoms. The third-order valence-corrected chi connectivity index (χ3v) is 9.59. The standard InChI is InChI=1S/C38H38BrN3O3/c1-41(37(43)34-18-11-23-42(34)25-26-12-5-3-6-13-26)33-17-10-9-16-31(33)35(28-14-7-4-8-15-28)40-36(38(44)45-2)30-22-20-27-19-21-29(39)24-32(27)30/h3-10,12-17,19,21,24,30,34,36H,11,18,20,22-23,25H2,1-2H3/t30-,34?,36?/m1/s1. The molecule has 1 saturated heterocycles. The summed E-state index contributed by atoms with van der Waals surface area (Å²) in [6.45, 7) is 1.63. The van der Waals surface area contributed by atoms with E-state index in [0.717, 1.165) is 65.6 Å². The van der Waals surface area contributed by atoms with Crippen molar-refractivity contribution in [3.8, 4) is 0 Å². The summed E-state index contributed by atoms with van der Waals surface area (Å²) in [6, 6.07) is 33.4. The first kappa shape index (κ1) is 30.9. The number of amides is 1. The normalized spacial score (nSPS) is 18.8. The van der Waals surface area contributed by atoms with E-state index in [1.807, 2.05) is 85.9 Å². The fourth-order valence-corrected chi connectivity index (χ4v) is 7.20. The average Bonchev–Trinajstić information content (AvgIpc) is 3.72. The van der Waals surface area contributed by atoms with E-state index in [2.05, 4.69) is 45.1 Å². The summed E-state index contributed by atoms with van der Waals surface area (Å²) in [5.41, 5.74) is 6.65. The number of aryl methyl sites for hydroxylation is 1. The number of benzene rings is 4. The molecule has 1 aliphatic heterocycles. The number of likely N-dealkylation sites (tertiary alicyclic amines) is 1. The minimum Gasteiger partial charge on any atom is -0.467 e. The number of rotatable bonds is 9. The second kappa shape index (κ2) is 13.9. The predicted molar refractivity (Wildman–Crippen MR) is 183 cm³/mol. The van der Waals surface area contributed by atoms with Crippen LogP contribution in [0.1, 0.15) is 53.0 Å². The van der Waals surface area contributed by atoms with Crippen LogP contribution < -0.4 is 4.90 Å². The van der Waals surface area contributed by atoms with Gasteiger partial charge in [-0.1, -0.05) is 101 Å². The zero-order valence-electron chi connectivity index (χ0n) is 25.7. The van der Waals surface area contributed by atoms with Crippen LogP contribution in [0.5, 0.6) is 0 Å². The molecule has 4 aromatic carbocycles. The van der Waals surface area contributed by atoms with E-state index in [-0.39, 0.29) is 23.8 Å². The third kappa shape index (κ3) is 6.65. The summed E-state index contributed by atoms with van der Waals surface area (Å²) >= 11 is 3.62. The number of halogens is 1. The Morgan fingerprint density at radius 1 is 0.956 bits per heavy atom. The Morgan fingerprint density at radius 2 is 1.67 bits per heavy atom. The van der Waals surface area contributed by atoms with E-state index in [4.69, 9.17) is 9.73 Å². The van der Waals surface area contributed by atoms with Crippen molar-refractivity contribution < 1.29 is 14.3 Å². The predicted octanol–water partition coefficient (Wildman–Crippen LogP) is 7.19. The largest absolute Gasteiger partial charge is 0.467 e. The molecule has 0 saturated carbocycles. The monoisotopic (exact) mass is 663 g/mol. The molecule has 6 rings (SSSR count). The van der Waals surface area contributed by atoms with Crippen LogP contribution in [-0.2, 0) is 27.3 Å². The van der Waals surface area contributed by atoms with E-state index < -0.39 is 6.04 Å². The number of aliphatic imine (C=N–C) groups is 1. The van der Waals surface area contributed by atoms with Crippen LogP contribution in [0, 0.1) is 0 Å². The fourth-order valence-electron chi connectivity index (χ4n) is 6.82. The summed E-state index contributed by atoms with van der Waals surface area (Å²) in [4.78, 5) is 37.0. The number of esters is 1. The number of hydrogen-bond donors (Lipinski definition) is 0. The van der Waals surface area contributed by atoms with Gasteiger partial charge in [-0.15, -0.1) is 0 Å². The van der Waals surface area contributed by atoms with Crippen LogP contribution in [0.3, 0.4) is 0 Å². The zero-order chi connectivity index (χ0) is 31.3. The van der Waals surface area contributed by atoms with Gasteiger partial charge in [0.15, 0.2) is 6.04 Å². The molecule has 0 radical (unpaired) electrons. The molecule has 1 aliphatic carbocycles. The first-order valence-corrected chi connectivity index (χ1v) is 16.4. The molecule has 2 unspecified atom stereocenters. The Balaban J connectivity index is 1.39. The molecule has 1 heterocycles. The van der Waals surface area contributed by atoms with Crippen LogP contribution in [0.2, 0.25) is 0 Å². The lowest BCUT2D eigenvalue weighted by molar-refractivity contribution is -0.142. The number of carbonyl (C=O) groups is 2. The van der Waals surface area contributed by atoms with Crippen LogP contribution in [0.4, 0.5) is 5.69 Å². The fraction of sp³-hybridized carbons (Fsp3) is 0.289. The SMILES string of the molecule is COC(=O)C(N=C(c1ccccc1)c1ccccc1N(C)C(=O)C1CCCN1Cc1ccccc1)[C@@H]1CCc2ccc(Br)cc21. The van der Waals surface area contributed by atoms with Gasteiger partial charge in [0.2, 0.25) is 5.91 Å². The second-order valence-electron chi connectivity index (χ2n) is 11.8. The van der Waals surface area contributed by atoms with Crippen LogP contribution in [0.25, 0.3) is 0 Å². The van der Waals surface area contributed by atoms with Gasteiger partial charge in [0, 0.05) is 35.1 Å². The molecule has 6 nitrogen and oxygen atoms in total.